The Morgan fingerprint density at radius 2 is 1.53 bits per heavy atom. The van der Waals surface area contributed by atoms with Gasteiger partial charge in [0.1, 0.15) is 0 Å². The van der Waals surface area contributed by atoms with Gasteiger partial charge in [-0.3, -0.25) is 9.59 Å². The summed E-state index contributed by atoms with van der Waals surface area (Å²) >= 11 is 12.0. The lowest BCUT2D eigenvalue weighted by molar-refractivity contribution is -0.120. The highest BCUT2D eigenvalue weighted by atomic mass is 35.5. The third kappa shape index (κ3) is 1.97. The first kappa shape index (κ1) is 12.7. The predicted molar refractivity (Wildman–Crippen MR) is 74.4 cm³/mol. The Bertz CT molecular complexity index is 594. The van der Waals surface area contributed by atoms with E-state index >= 15 is 0 Å². The van der Waals surface area contributed by atoms with Crippen LogP contribution in [0.5, 0.6) is 0 Å². The van der Waals surface area contributed by atoms with Crippen LogP contribution in [0, 0.1) is 0 Å². The van der Waals surface area contributed by atoms with Gasteiger partial charge in [-0.1, -0.05) is 23.2 Å². The zero-order chi connectivity index (χ0) is 13.6. The topological polar surface area (TPSA) is 37.4 Å². The van der Waals surface area contributed by atoms with Crippen LogP contribution < -0.4 is 4.90 Å². The van der Waals surface area contributed by atoms with Crippen molar-refractivity contribution >= 4 is 40.7 Å². The molecule has 2 amide bonds. The lowest BCUT2D eigenvalue weighted by Gasteiger charge is -2.16. The average Bonchev–Trinajstić information content (AvgIpc) is 2.66. The predicted octanol–water partition coefficient (Wildman–Crippen LogP) is 3.74. The maximum Gasteiger partial charge on any atom is 0.261 e. The number of hydrogen-bond donors (Lipinski definition) is 0. The third-order valence-corrected chi connectivity index (χ3v) is 4.09. The fraction of sp³-hybridized carbons (Fsp3) is 0.286. The summed E-state index contributed by atoms with van der Waals surface area (Å²) in [5.74, 6) is -0.493. The zero-order valence-electron chi connectivity index (χ0n) is 10.1. The molecule has 0 N–H and O–H groups in total. The van der Waals surface area contributed by atoms with E-state index < -0.39 is 0 Å². The van der Waals surface area contributed by atoms with Gasteiger partial charge in [-0.15, -0.1) is 0 Å². The fourth-order valence-electron chi connectivity index (χ4n) is 2.62. The Hall–Kier alpha value is -1.32. The van der Waals surface area contributed by atoms with Crippen molar-refractivity contribution in [2.24, 2.45) is 0 Å². The molecule has 3 rings (SSSR count). The molecule has 19 heavy (non-hydrogen) atoms. The summed E-state index contributed by atoms with van der Waals surface area (Å²) in [4.78, 5) is 25.9. The van der Waals surface area contributed by atoms with Crippen molar-refractivity contribution in [3.63, 3.8) is 0 Å². The Labute approximate surface area is 120 Å². The lowest BCUT2D eigenvalue weighted by atomic mass is 9.93. The van der Waals surface area contributed by atoms with Crippen LogP contribution in [0.4, 0.5) is 5.69 Å². The van der Waals surface area contributed by atoms with E-state index in [9.17, 15) is 9.59 Å². The smallest absolute Gasteiger partial charge is 0.261 e. The van der Waals surface area contributed by atoms with Gasteiger partial charge in [0.05, 0.1) is 10.7 Å². The average molecular weight is 296 g/mol. The molecule has 0 spiro atoms. The second-order valence-corrected chi connectivity index (χ2v) is 5.55. The van der Waals surface area contributed by atoms with E-state index in [4.69, 9.17) is 23.2 Å². The summed E-state index contributed by atoms with van der Waals surface area (Å²) in [5, 5.41) is 0.802. The molecular formula is C14H11Cl2NO2. The van der Waals surface area contributed by atoms with E-state index in [1.54, 1.807) is 18.2 Å². The summed E-state index contributed by atoms with van der Waals surface area (Å²) in [6, 6.07) is 4.78. The number of rotatable bonds is 1. The van der Waals surface area contributed by atoms with E-state index in [1.165, 1.54) is 0 Å². The molecule has 1 aliphatic carbocycles. The highest BCUT2D eigenvalue weighted by molar-refractivity contribution is 6.40. The summed E-state index contributed by atoms with van der Waals surface area (Å²) < 4.78 is 0. The molecule has 0 radical (unpaired) electrons. The molecule has 3 nitrogen and oxygen atoms in total. The monoisotopic (exact) mass is 295 g/mol. The van der Waals surface area contributed by atoms with E-state index in [2.05, 4.69) is 0 Å². The van der Waals surface area contributed by atoms with Crippen LogP contribution in [0.15, 0.2) is 29.3 Å². The summed E-state index contributed by atoms with van der Waals surface area (Å²) in [6.07, 6.45) is 3.26. The van der Waals surface area contributed by atoms with Gasteiger partial charge in [0, 0.05) is 16.2 Å². The van der Waals surface area contributed by atoms with Crippen LogP contribution in [-0.2, 0) is 9.59 Å². The highest BCUT2D eigenvalue weighted by Crippen LogP contribution is 2.38. The molecule has 0 aromatic heterocycles. The number of carbonyl (C=O) groups excluding carboxylic acids is 2. The van der Waals surface area contributed by atoms with Crippen molar-refractivity contribution in [2.75, 3.05) is 4.90 Å². The molecule has 0 saturated carbocycles. The van der Waals surface area contributed by atoms with Crippen LogP contribution in [0.2, 0.25) is 10.0 Å². The van der Waals surface area contributed by atoms with Gasteiger partial charge in [0.2, 0.25) is 0 Å². The molecule has 0 atom stereocenters. The van der Waals surface area contributed by atoms with Crippen molar-refractivity contribution in [1.82, 2.24) is 0 Å². The first-order valence-electron chi connectivity index (χ1n) is 6.15. The Balaban J connectivity index is 2.06. The Morgan fingerprint density at radius 3 is 2.11 bits per heavy atom. The quantitative estimate of drug-likeness (QED) is 0.740. The van der Waals surface area contributed by atoms with E-state index in [0.29, 0.717) is 39.7 Å². The summed E-state index contributed by atoms with van der Waals surface area (Å²) in [6.45, 7) is 0. The number of halogens is 2. The van der Waals surface area contributed by atoms with Gasteiger partial charge >= 0.3 is 0 Å². The first-order valence-corrected chi connectivity index (χ1v) is 6.91. The molecule has 1 aliphatic heterocycles. The van der Waals surface area contributed by atoms with Crippen molar-refractivity contribution in [3.8, 4) is 0 Å². The van der Waals surface area contributed by atoms with Gasteiger partial charge in [-0.05, 0) is 43.9 Å². The minimum absolute atomic E-state index is 0.246. The number of nitrogens with zero attached hydrogens (tertiary/aromatic N) is 1. The van der Waals surface area contributed by atoms with Crippen molar-refractivity contribution in [1.29, 1.82) is 0 Å². The van der Waals surface area contributed by atoms with Crippen LogP contribution in [0.3, 0.4) is 0 Å². The molecule has 0 fully saturated rings. The van der Waals surface area contributed by atoms with Crippen LogP contribution in [0.1, 0.15) is 25.7 Å². The van der Waals surface area contributed by atoms with E-state index in [0.717, 1.165) is 17.7 Å². The van der Waals surface area contributed by atoms with Crippen LogP contribution in [-0.4, -0.2) is 11.8 Å². The summed E-state index contributed by atoms with van der Waals surface area (Å²) in [5.41, 5.74) is 1.66. The molecule has 0 saturated heterocycles. The van der Waals surface area contributed by atoms with Gasteiger partial charge in [-0.2, -0.15) is 0 Å². The van der Waals surface area contributed by atoms with E-state index in [1.807, 2.05) is 0 Å². The standard InChI is InChI=1S/C14H11Cl2NO2/c15-8-5-6-11(16)12(7-8)17-13(18)9-3-1-2-4-10(9)14(17)19/h5-7H,1-4H2. The Morgan fingerprint density at radius 1 is 0.947 bits per heavy atom. The second-order valence-electron chi connectivity index (χ2n) is 4.71. The third-order valence-electron chi connectivity index (χ3n) is 3.54. The minimum Gasteiger partial charge on any atom is -0.269 e. The molecule has 2 aliphatic rings. The second kappa shape index (κ2) is 4.66. The van der Waals surface area contributed by atoms with Crippen molar-refractivity contribution in [3.05, 3.63) is 39.4 Å². The maximum atomic E-state index is 12.4. The van der Waals surface area contributed by atoms with Crippen molar-refractivity contribution < 1.29 is 9.59 Å². The van der Waals surface area contributed by atoms with Crippen LogP contribution in [0.25, 0.3) is 0 Å². The molecule has 1 heterocycles. The number of anilines is 1. The highest BCUT2D eigenvalue weighted by Gasteiger charge is 2.40. The molecule has 0 bridgehead atoms. The molecule has 98 valence electrons. The van der Waals surface area contributed by atoms with Crippen LogP contribution >= 0.6 is 23.2 Å². The SMILES string of the molecule is O=C1C2=C(CCCC2)C(=O)N1c1cc(Cl)ccc1Cl. The van der Waals surface area contributed by atoms with Gasteiger partial charge in [0.25, 0.3) is 11.8 Å². The van der Waals surface area contributed by atoms with Gasteiger partial charge in [0.15, 0.2) is 0 Å². The zero-order valence-corrected chi connectivity index (χ0v) is 11.6. The fourth-order valence-corrected chi connectivity index (χ4v) is 2.98. The molecule has 1 aromatic carbocycles. The minimum atomic E-state index is -0.246. The van der Waals surface area contributed by atoms with Gasteiger partial charge in [-0.25, -0.2) is 4.90 Å². The number of imide groups is 1. The number of carbonyl (C=O) groups is 2. The van der Waals surface area contributed by atoms with E-state index in [-0.39, 0.29) is 11.8 Å². The maximum absolute atomic E-state index is 12.4. The molecular weight excluding hydrogens is 285 g/mol. The lowest BCUT2D eigenvalue weighted by Crippen LogP contribution is -2.31. The Kier molecular flexibility index (Phi) is 3.11. The largest absolute Gasteiger partial charge is 0.269 e. The van der Waals surface area contributed by atoms with Gasteiger partial charge < -0.3 is 0 Å². The number of amides is 2. The molecule has 1 aromatic rings. The summed E-state index contributed by atoms with van der Waals surface area (Å²) in [7, 11) is 0. The number of hydrogen-bond acceptors (Lipinski definition) is 2. The molecule has 5 heteroatoms. The van der Waals surface area contributed by atoms with Crippen molar-refractivity contribution in [2.45, 2.75) is 25.7 Å². The normalized spacial score (nSPS) is 19.2. The number of benzene rings is 1. The molecule has 0 unspecified atom stereocenters. The first-order chi connectivity index (χ1) is 9.09.